The molecular weight excluding hydrogens is 326 g/mol. The molecule has 4 nitrogen and oxygen atoms in total. The van der Waals surface area contributed by atoms with Crippen LogP contribution in [0.3, 0.4) is 0 Å². The Morgan fingerprint density at radius 2 is 2.00 bits per heavy atom. The minimum atomic E-state index is -0.132. The van der Waals surface area contributed by atoms with Gasteiger partial charge in [-0.1, -0.05) is 18.2 Å². The summed E-state index contributed by atoms with van der Waals surface area (Å²) in [5.41, 5.74) is 3.98. The Morgan fingerprint density at radius 3 is 2.88 bits per heavy atom. The molecule has 130 valence electrons. The third-order valence-corrected chi connectivity index (χ3v) is 5.39. The molecule has 2 heterocycles. The van der Waals surface area contributed by atoms with Crippen LogP contribution in [0.2, 0.25) is 0 Å². The molecule has 0 amide bonds. The first-order valence-electron chi connectivity index (χ1n) is 8.94. The summed E-state index contributed by atoms with van der Waals surface area (Å²) in [6, 6.07) is 14.0. The lowest BCUT2D eigenvalue weighted by molar-refractivity contribution is -0.116. The van der Waals surface area contributed by atoms with Gasteiger partial charge in [0.15, 0.2) is 5.78 Å². The number of hydrogen-bond acceptors (Lipinski definition) is 3. The number of Topliss-reactive ketones (excluding diaryl/α,β-unsaturated/α-hetero) is 1. The molecule has 0 saturated heterocycles. The molecule has 0 spiro atoms. The van der Waals surface area contributed by atoms with Crippen LogP contribution in [0.4, 0.5) is 0 Å². The summed E-state index contributed by atoms with van der Waals surface area (Å²) >= 11 is 0. The zero-order chi connectivity index (χ0) is 17.7. The average molecular weight is 345 g/mol. The van der Waals surface area contributed by atoms with E-state index in [4.69, 9.17) is 9.47 Å². The average Bonchev–Trinajstić information content (AvgIpc) is 3.10. The van der Waals surface area contributed by atoms with Crippen molar-refractivity contribution in [2.75, 3.05) is 7.11 Å². The molecule has 26 heavy (non-hydrogen) atoms. The fourth-order valence-corrected chi connectivity index (χ4v) is 4.18. The number of rotatable bonds is 2. The van der Waals surface area contributed by atoms with Crippen LogP contribution < -0.4 is 9.47 Å². The largest absolute Gasteiger partial charge is 0.497 e. The van der Waals surface area contributed by atoms with Gasteiger partial charge in [-0.3, -0.25) is 4.79 Å². The number of aromatic nitrogens is 1. The van der Waals surface area contributed by atoms with Crippen molar-refractivity contribution in [3.05, 3.63) is 71.1 Å². The molecule has 4 heteroatoms. The Morgan fingerprint density at radius 1 is 1.12 bits per heavy atom. The monoisotopic (exact) mass is 345 g/mol. The zero-order valence-electron chi connectivity index (χ0n) is 14.5. The highest BCUT2D eigenvalue weighted by atomic mass is 16.5. The molecule has 1 atom stereocenters. The molecule has 0 fully saturated rings. The van der Waals surface area contributed by atoms with Crippen LogP contribution >= 0.6 is 0 Å². The SMILES string of the molecule is COc1ccc2c(c1)C(c1c[nH]c3ccccc13)C1=C(CCCC1=O)O2. The van der Waals surface area contributed by atoms with Crippen LogP contribution in [-0.4, -0.2) is 17.9 Å². The lowest BCUT2D eigenvalue weighted by atomic mass is 9.77. The third kappa shape index (κ3) is 2.18. The Kier molecular flexibility index (Phi) is 3.38. The van der Waals surface area contributed by atoms with Crippen molar-refractivity contribution in [1.29, 1.82) is 0 Å². The van der Waals surface area contributed by atoms with Gasteiger partial charge in [-0.25, -0.2) is 0 Å². The number of methoxy groups -OCH3 is 1. The highest BCUT2D eigenvalue weighted by molar-refractivity contribution is 6.01. The lowest BCUT2D eigenvalue weighted by Crippen LogP contribution is -2.25. The van der Waals surface area contributed by atoms with Gasteiger partial charge in [0.2, 0.25) is 0 Å². The van der Waals surface area contributed by atoms with E-state index in [1.54, 1.807) is 7.11 Å². The van der Waals surface area contributed by atoms with Crippen LogP contribution in [-0.2, 0) is 4.79 Å². The number of aromatic amines is 1. The Labute approximate surface area is 151 Å². The van der Waals surface area contributed by atoms with E-state index in [0.29, 0.717) is 6.42 Å². The number of para-hydroxylation sites is 1. The first-order chi connectivity index (χ1) is 12.8. The van der Waals surface area contributed by atoms with Gasteiger partial charge in [-0.15, -0.1) is 0 Å². The smallest absolute Gasteiger partial charge is 0.163 e. The van der Waals surface area contributed by atoms with Gasteiger partial charge < -0.3 is 14.5 Å². The summed E-state index contributed by atoms with van der Waals surface area (Å²) in [7, 11) is 1.66. The second kappa shape index (κ2) is 5.77. The molecule has 5 rings (SSSR count). The molecule has 2 aromatic carbocycles. The van der Waals surface area contributed by atoms with E-state index < -0.39 is 0 Å². The van der Waals surface area contributed by atoms with Crippen molar-refractivity contribution in [3.63, 3.8) is 0 Å². The maximum absolute atomic E-state index is 12.9. The summed E-state index contributed by atoms with van der Waals surface area (Å²) in [5.74, 6) is 2.47. The standard InChI is InChI=1S/C22H19NO3/c1-25-13-9-10-19-15(11-13)21(22-18(24)7-4-8-20(22)26-19)16-12-23-17-6-3-2-5-14(16)17/h2-3,5-6,9-12,21,23H,4,7-8H2,1H3. The Balaban J connectivity index is 1.79. The number of hydrogen-bond donors (Lipinski definition) is 1. The molecule has 2 aliphatic rings. The first kappa shape index (κ1) is 15.3. The molecule has 1 aromatic heterocycles. The van der Waals surface area contributed by atoms with E-state index >= 15 is 0 Å². The summed E-state index contributed by atoms with van der Waals surface area (Å²) in [6.45, 7) is 0. The van der Waals surface area contributed by atoms with Gasteiger partial charge in [0.1, 0.15) is 17.3 Å². The van der Waals surface area contributed by atoms with Gasteiger partial charge in [-0.05, 0) is 36.2 Å². The molecule has 3 aromatic rings. The number of carbonyl (C=O) groups is 1. The van der Waals surface area contributed by atoms with E-state index in [9.17, 15) is 4.79 Å². The number of fused-ring (bicyclic) bond motifs is 2. The van der Waals surface area contributed by atoms with Gasteiger partial charge in [0, 0.05) is 47.0 Å². The quantitative estimate of drug-likeness (QED) is 0.732. The van der Waals surface area contributed by atoms with Gasteiger partial charge in [-0.2, -0.15) is 0 Å². The third-order valence-electron chi connectivity index (χ3n) is 5.39. The van der Waals surface area contributed by atoms with Crippen LogP contribution in [0.25, 0.3) is 10.9 Å². The van der Waals surface area contributed by atoms with Gasteiger partial charge >= 0.3 is 0 Å². The fourth-order valence-electron chi connectivity index (χ4n) is 4.18. The van der Waals surface area contributed by atoms with Crippen molar-refractivity contribution in [2.24, 2.45) is 0 Å². The van der Waals surface area contributed by atoms with Gasteiger partial charge in [0.25, 0.3) is 0 Å². The Bertz CT molecular complexity index is 1060. The van der Waals surface area contributed by atoms with Crippen LogP contribution in [0, 0.1) is 0 Å². The fraction of sp³-hybridized carbons (Fsp3) is 0.227. The topological polar surface area (TPSA) is 51.3 Å². The zero-order valence-corrected chi connectivity index (χ0v) is 14.5. The number of allylic oxidation sites excluding steroid dienone is 2. The van der Waals surface area contributed by atoms with E-state index in [1.807, 2.05) is 36.5 Å². The number of benzene rings is 2. The second-order valence-corrected chi connectivity index (χ2v) is 6.84. The summed E-state index contributed by atoms with van der Waals surface area (Å²) < 4.78 is 11.6. The molecule has 1 aliphatic heterocycles. The molecule has 1 unspecified atom stereocenters. The van der Waals surface area contributed by atoms with Crippen molar-refractivity contribution < 1.29 is 14.3 Å². The molecule has 1 aliphatic carbocycles. The van der Waals surface area contributed by atoms with Gasteiger partial charge in [0.05, 0.1) is 7.11 Å². The van der Waals surface area contributed by atoms with Crippen molar-refractivity contribution in [3.8, 4) is 11.5 Å². The molecule has 1 N–H and O–H groups in total. The predicted octanol–water partition coefficient (Wildman–Crippen LogP) is 4.71. The maximum atomic E-state index is 12.9. The normalized spacial score (nSPS) is 19.1. The minimum absolute atomic E-state index is 0.132. The first-order valence-corrected chi connectivity index (χ1v) is 8.94. The number of ether oxygens (including phenoxy) is 2. The number of ketones is 1. The van der Waals surface area contributed by atoms with Crippen LogP contribution in [0.1, 0.15) is 36.3 Å². The summed E-state index contributed by atoms with van der Waals surface area (Å²) in [4.78, 5) is 16.2. The summed E-state index contributed by atoms with van der Waals surface area (Å²) in [5, 5.41) is 1.14. The molecule has 0 saturated carbocycles. The number of carbonyl (C=O) groups excluding carboxylic acids is 1. The highest BCUT2D eigenvalue weighted by Gasteiger charge is 2.37. The minimum Gasteiger partial charge on any atom is -0.497 e. The highest BCUT2D eigenvalue weighted by Crippen LogP contribution is 2.48. The van der Waals surface area contributed by atoms with Crippen molar-refractivity contribution >= 4 is 16.7 Å². The molecule has 0 radical (unpaired) electrons. The molecular formula is C22H19NO3. The Hall–Kier alpha value is -3.01. The molecule has 0 bridgehead atoms. The van der Waals surface area contributed by atoms with E-state index in [1.165, 1.54) is 0 Å². The second-order valence-electron chi connectivity index (χ2n) is 6.84. The lowest BCUT2D eigenvalue weighted by Gasteiger charge is -2.32. The van der Waals surface area contributed by atoms with Crippen molar-refractivity contribution in [1.82, 2.24) is 4.98 Å². The maximum Gasteiger partial charge on any atom is 0.163 e. The predicted molar refractivity (Wildman–Crippen MR) is 99.6 cm³/mol. The van der Waals surface area contributed by atoms with E-state index in [0.717, 1.165) is 57.7 Å². The number of nitrogens with one attached hydrogen (secondary N) is 1. The summed E-state index contributed by atoms with van der Waals surface area (Å²) in [6.07, 6.45) is 4.27. The van der Waals surface area contributed by atoms with E-state index in [2.05, 4.69) is 17.1 Å². The van der Waals surface area contributed by atoms with E-state index in [-0.39, 0.29) is 11.7 Å². The van der Waals surface area contributed by atoms with Crippen LogP contribution in [0.5, 0.6) is 11.5 Å². The van der Waals surface area contributed by atoms with Crippen molar-refractivity contribution in [2.45, 2.75) is 25.2 Å². The number of H-pyrrole nitrogens is 1. The van der Waals surface area contributed by atoms with Crippen LogP contribution in [0.15, 0.2) is 60.0 Å².